The number of hydrogen-bond acceptors (Lipinski definition) is 2. The zero-order valence-electron chi connectivity index (χ0n) is 11.4. The first kappa shape index (κ1) is 14.5. The minimum Gasteiger partial charge on any atom is -0.258 e. The molecule has 0 radical (unpaired) electrons. The molecule has 0 aromatic heterocycles. The van der Waals surface area contributed by atoms with Crippen molar-refractivity contribution >= 4 is 12.2 Å². The van der Waals surface area contributed by atoms with Crippen LogP contribution in [0.4, 0.5) is 0 Å². The number of rotatable bonds is 5. The molecule has 0 N–H and O–H groups in total. The van der Waals surface area contributed by atoms with Gasteiger partial charge in [0.1, 0.15) is 0 Å². The first-order valence-electron chi connectivity index (χ1n) is 6.56. The highest BCUT2D eigenvalue weighted by molar-refractivity contribution is 5.54. The van der Waals surface area contributed by atoms with Gasteiger partial charge in [-0.1, -0.05) is 72.8 Å². The number of hydrogen-bond donors (Lipinski definition) is 0. The van der Waals surface area contributed by atoms with Crippen molar-refractivity contribution in [2.45, 2.75) is 0 Å². The van der Waals surface area contributed by atoms with Crippen LogP contribution in [0.1, 0.15) is 11.1 Å². The lowest BCUT2D eigenvalue weighted by Crippen LogP contribution is -1.94. The van der Waals surface area contributed by atoms with Crippen LogP contribution in [-0.4, -0.2) is 4.92 Å². The maximum absolute atomic E-state index is 11.0. The highest BCUT2D eigenvalue weighted by atomic mass is 16.6. The Morgan fingerprint density at radius 2 is 1.38 bits per heavy atom. The summed E-state index contributed by atoms with van der Waals surface area (Å²) in [6.07, 6.45) is 8.24. The van der Waals surface area contributed by atoms with Gasteiger partial charge in [0, 0.05) is 12.2 Å². The van der Waals surface area contributed by atoms with E-state index in [2.05, 4.69) is 0 Å². The lowest BCUT2D eigenvalue weighted by Gasteiger charge is -1.92. The number of benzene rings is 2. The average Bonchev–Trinajstić information content (AvgIpc) is 2.52. The van der Waals surface area contributed by atoms with Crippen molar-refractivity contribution < 1.29 is 4.92 Å². The van der Waals surface area contributed by atoms with Gasteiger partial charge in [-0.05, 0) is 17.2 Å². The zero-order chi connectivity index (χ0) is 14.9. The van der Waals surface area contributed by atoms with Crippen molar-refractivity contribution in [2.75, 3.05) is 0 Å². The Hall–Kier alpha value is -2.94. The van der Waals surface area contributed by atoms with E-state index in [-0.39, 0.29) is 5.70 Å². The van der Waals surface area contributed by atoms with Gasteiger partial charge in [0.15, 0.2) is 0 Å². The van der Waals surface area contributed by atoms with Gasteiger partial charge in [-0.2, -0.15) is 0 Å². The Labute approximate surface area is 123 Å². The molecular formula is C18H15NO2. The van der Waals surface area contributed by atoms with Crippen LogP contribution >= 0.6 is 0 Å². The summed E-state index contributed by atoms with van der Waals surface area (Å²) >= 11 is 0. The quantitative estimate of drug-likeness (QED) is 0.456. The molecule has 3 nitrogen and oxygen atoms in total. The van der Waals surface area contributed by atoms with Crippen LogP contribution in [0.5, 0.6) is 0 Å². The van der Waals surface area contributed by atoms with Gasteiger partial charge in [0.25, 0.3) is 5.70 Å². The fourth-order valence-corrected chi connectivity index (χ4v) is 1.74. The van der Waals surface area contributed by atoms with E-state index in [0.717, 1.165) is 11.1 Å². The second kappa shape index (κ2) is 7.60. The van der Waals surface area contributed by atoms with E-state index in [1.54, 1.807) is 12.2 Å². The van der Waals surface area contributed by atoms with Crippen LogP contribution in [0.15, 0.2) is 84.6 Å². The molecule has 0 bridgehead atoms. The van der Waals surface area contributed by atoms with E-state index >= 15 is 0 Å². The van der Waals surface area contributed by atoms with Gasteiger partial charge in [-0.15, -0.1) is 0 Å². The maximum atomic E-state index is 11.0. The molecule has 0 saturated heterocycles. The van der Waals surface area contributed by atoms with Crippen LogP contribution in [0, 0.1) is 10.1 Å². The Kier molecular flexibility index (Phi) is 5.24. The predicted octanol–water partition coefficient (Wildman–Crippen LogP) is 4.57. The van der Waals surface area contributed by atoms with Crippen molar-refractivity contribution in [1.82, 2.24) is 0 Å². The largest absolute Gasteiger partial charge is 0.269 e. The molecule has 0 saturated carbocycles. The van der Waals surface area contributed by atoms with Crippen LogP contribution in [-0.2, 0) is 0 Å². The predicted molar refractivity (Wildman–Crippen MR) is 86.0 cm³/mol. The highest BCUT2D eigenvalue weighted by Gasteiger charge is 2.03. The molecular weight excluding hydrogens is 262 g/mol. The van der Waals surface area contributed by atoms with E-state index in [1.165, 1.54) is 12.2 Å². The SMILES string of the molecule is O=[N+]([O-])C(/C=C/c1ccccc1)=C/C=C/c1ccccc1. The van der Waals surface area contributed by atoms with Crippen LogP contribution in [0.25, 0.3) is 12.2 Å². The lowest BCUT2D eigenvalue weighted by atomic mass is 10.2. The molecule has 0 aliphatic carbocycles. The topological polar surface area (TPSA) is 43.1 Å². The Bertz CT molecular complexity index is 671. The van der Waals surface area contributed by atoms with Gasteiger partial charge in [0.05, 0.1) is 4.92 Å². The van der Waals surface area contributed by atoms with E-state index in [9.17, 15) is 10.1 Å². The van der Waals surface area contributed by atoms with Gasteiger partial charge in [-0.3, -0.25) is 10.1 Å². The van der Waals surface area contributed by atoms with Gasteiger partial charge >= 0.3 is 0 Å². The third-order valence-corrected chi connectivity index (χ3v) is 2.81. The second-order valence-corrected chi connectivity index (χ2v) is 4.36. The molecule has 104 valence electrons. The summed E-state index contributed by atoms with van der Waals surface area (Å²) in [7, 11) is 0. The standard InChI is InChI=1S/C18H15NO2/c20-19(21)18(15-14-17-10-5-2-6-11-17)13-7-12-16-8-3-1-4-9-16/h1-15H/b12-7+,15-14+,18-13+. The third-order valence-electron chi connectivity index (χ3n) is 2.81. The fourth-order valence-electron chi connectivity index (χ4n) is 1.74. The lowest BCUT2D eigenvalue weighted by molar-refractivity contribution is -0.418. The van der Waals surface area contributed by atoms with E-state index in [4.69, 9.17) is 0 Å². The van der Waals surface area contributed by atoms with Crippen molar-refractivity contribution in [2.24, 2.45) is 0 Å². The molecule has 2 rings (SSSR count). The smallest absolute Gasteiger partial charge is 0.258 e. The normalized spacial score (nSPS) is 12.1. The number of nitro groups is 1. The van der Waals surface area contributed by atoms with Crippen LogP contribution in [0.2, 0.25) is 0 Å². The molecule has 21 heavy (non-hydrogen) atoms. The first-order chi connectivity index (χ1) is 10.3. The monoisotopic (exact) mass is 277 g/mol. The number of allylic oxidation sites excluding steroid dienone is 3. The van der Waals surface area contributed by atoms with Gasteiger partial charge < -0.3 is 0 Å². The summed E-state index contributed by atoms with van der Waals surface area (Å²) in [5, 5.41) is 11.0. The Morgan fingerprint density at radius 3 is 1.90 bits per heavy atom. The Balaban J connectivity index is 2.12. The molecule has 0 amide bonds. The molecule has 0 aliphatic heterocycles. The van der Waals surface area contributed by atoms with E-state index in [0.29, 0.717) is 0 Å². The third kappa shape index (κ3) is 4.91. The molecule has 2 aromatic rings. The summed E-state index contributed by atoms with van der Waals surface area (Å²) in [6.45, 7) is 0. The maximum Gasteiger partial charge on any atom is 0.269 e. The molecule has 0 heterocycles. The second-order valence-electron chi connectivity index (χ2n) is 4.36. The molecule has 0 aliphatic rings. The summed E-state index contributed by atoms with van der Waals surface area (Å²) < 4.78 is 0. The highest BCUT2D eigenvalue weighted by Crippen LogP contribution is 2.07. The van der Waals surface area contributed by atoms with E-state index in [1.807, 2.05) is 66.7 Å². The Morgan fingerprint density at radius 1 is 0.857 bits per heavy atom. The average molecular weight is 277 g/mol. The number of nitrogens with zero attached hydrogens (tertiary/aromatic N) is 1. The summed E-state index contributed by atoms with van der Waals surface area (Å²) in [5.74, 6) is 0. The molecule has 0 atom stereocenters. The minimum absolute atomic E-state index is 0.0473. The molecule has 0 spiro atoms. The van der Waals surface area contributed by atoms with Crippen molar-refractivity contribution in [3.63, 3.8) is 0 Å². The molecule has 3 heteroatoms. The van der Waals surface area contributed by atoms with Crippen molar-refractivity contribution in [3.8, 4) is 0 Å². The summed E-state index contributed by atoms with van der Waals surface area (Å²) in [4.78, 5) is 10.6. The minimum atomic E-state index is -0.394. The van der Waals surface area contributed by atoms with E-state index < -0.39 is 4.92 Å². The van der Waals surface area contributed by atoms with Crippen LogP contribution < -0.4 is 0 Å². The van der Waals surface area contributed by atoms with Gasteiger partial charge in [-0.25, -0.2) is 0 Å². The van der Waals surface area contributed by atoms with Crippen molar-refractivity contribution in [3.05, 3.63) is 106 Å². The summed E-state index contributed by atoms with van der Waals surface area (Å²) in [6, 6.07) is 19.1. The zero-order valence-corrected chi connectivity index (χ0v) is 11.4. The fraction of sp³-hybridized carbons (Fsp3) is 0. The molecule has 2 aromatic carbocycles. The molecule has 0 unspecified atom stereocenters. The van der Waals surface area contributed by atoms with Gasteiger partial charge in [0.2, 0.25) is 0 Å². The summed E-state index contributed by atoms with van der Waals surface area (Å²) in [5.41, 5.74) is 1.98. The van der Waals surface area contributed by atoms with Crippen molar-refractivity contribution in [1.29, 1.82) is 0 Å². The first-order valence-corrected chi connectivity index (χ1v) is 6.56. The molecule has 0 fully saturated rings. The van der Waals surface area contributed by atoms with Crippen LogP contribution in [0.3, 0.4) is 0 Å².